The lowest BCUT2D eigenvalue weighted by Gasteiger charge is -2.26. The average Bonchev–Trinajstić information content (AvgIpc) is 3.35. The highest BCUT2D eigenvalue weighted by Gasteiger charge is 2.36. The summed E-state index contributed by atoms with van der Waals surface area (Å²) in [6.07, 6.45) is 4.04. The number of amides is 2. The molecule has 1 aliphatic rings. The van der Waals surface area contributed by atoms with Crippen molar-refractivity contribution in [1.82, 2.24) is 9.88 Å². The first kappa shape index (κ1) is 21.4. The van der Waals surface area contributed by atoms with Crippen LogP contribution in [0.3, 0.4) is 0 Å². The second-order valence-electron chi connectivity index (χ2n) is 8.08. The number of aromatic nitrogens is 2. The Balaban J connectivity index is 1.83. The fourth-order valence-electron chi connectivity index (χ4n) is 3.35. The van der Waals surface area contributed by atoms with Gasteiger partial charge in [0.05, 0.1) is 5.70 Å². The van der Waals surface area contributed by atoms with Gasteiger partial charge in [0.2, 0.25) is 10.7 Å². The van der Waals surface area contributed by atoms with Gasteiger partial charge in [0.25, 0.3) is 0 Å². The van der Waals surface area contributed by atoms with Crippen molar-refractivity contribution in [3.63, 3.8) is 0 Å². The second-order valence-corrected chi connectivity index (χ2v) is 8.94. The number of nitrogens with two attached hydrogens (primary N) is 1. The summed E-state index contributed by atoms with van der Waals surface area (Å²) in [5, 5.41) is 16.2. The van der Waals surface area contributed by atoms with Crippen molar-refractivity contribution in [2.45, 2.75) is 26.4 Å². The number of benzene rings is 1. The van der Waals surface area contributed by atoms with Crippen LogP contribution in [0.2, 0.25) is 0 Å². The zero-order chi connectivity index (χ0) is 23.0. The van der Waals surface area contributed by atoms with Crippen LogP contribution < -0.4 is 15.4 Å². The summed E-state index contributed by atoms with van der Waals surface area (Å²) in [7, 11) is 0. The number of primary amides is 1. The number of pyridine rings is 1. The van der Waals surface area contributed by atoms with Crippen LogP contribution in [0.5, 0.6) is 0 Å². The molecule has 3 aromatic rings. The summed E-state index contributed by atoms with van der Waals surface area (Å²) in [6.45, 7) is 5.30. The Hall–Kier alpha value is -3.85. The van der Waals surface area contributed by atoms with Crippen LogP contribution in [0, 0.1) is 5.37 Å². The maximum Gasteiger partial charge on any atom is 0.545 e. The summed E-state index contributed by atoms with van der Waals surface area (Å²) in [5.74, 6) is -0.436. The fraction of sp³-hybridized carbons (Fsp3) is 0.174. The number of hydrogen-bond donors (Lipinski definition) is 1. The first-order valence-electron chi connectivity index (χ1n) is 9.79. The van der Waals surface area contributed by atoms with E-state index in [0.29, 0.717) is 21.8 Å². The van der Waals surface area contributed by atoms with E-state index in [1.165, 1.54) is 27.0 Å². The molecular weight excluding hydrogens is 428 g/mol. The minimum atomic E-state index is -0.788. The average molecular weight is 450 g/mol. The monoisotopic (exact) mass is 449 g/mol. The quantitative estimate of drug-likeness (QED) is 0.160. The number of rotatable bonds is 2. The largest absolute Gasteiger partial charge is 0.875 e. The maximum atomic E-state index is 13.5. The molecule has 2 N–H and O–H groups in total. The van der Waals surface area contributed by atoms with Crippen LogP contribution in [-0.2, 0) is 16.1 Å². The molecule has 2 amide bonds. The highest BCUT2D eigenvalue weighted by molar-refractivity contribution is 7.81. The molecule has 0 aliphatic carbocycles. The van der Waals surface area contributed by atoms with Crippen molar-refractivity contribution in [2.75, 3.05) is 0 Å². The van der Waals surface area contributed by atoms with Gasteiger partial charge in [-0.2, -0.15) is 10.6 Å². The summed E-state index contributed by atoms with van der Waals surface area (Å²) in [5.41, 5.74) is 6.48. The molecule has 1 aliphatic heterocycles. The van der Waals surface area contributed by atoms with Gasteiger partial charge in [-0.25, -0.2) is 9.59 Å². The molecule has 1 aromatic carbocycles. The Labute approximate surface area is 188 Å². The van der Waals surface area contributed by atoms with Crippen LogP contribution >= 0.6 is 0 Å². The van der Waals surface area contributed by atoms with Crippen molar-refractivity contribution in [3.8, 4) is 0 Å². The summed E-state index contributed by atoms with van der Waals surface area (Å²) >= 11 is 1.21. The summed E-state index contributed by atoms with van der Waals surface area (Å²) < 4.78 is 6.79. The summed E-state index contributed by atoms with van der Waals surface area (Å²) in [6, 6.07) is 9.74. The van der Waals surface area contributed by atoms with Gasteiger partial charge in [-0.15, -0.1) is 30.0 Å². The molecule has 0 saturated heterocycles. The van der Waals surface area contributed by atoms with E-state index in [1.807, 2.05) is 0 Å². The van der Waals surface area contributed by atoms with Crippen molar-refractivity contribution >= 4 is 45.5 Å². The minimum Gasteiger partial charge on any atom is -0.875 e. The van der Waals surface area contributed by atoms with E-state index in [-0.39, 0.29) is 11.3 Å². The number of fused-ring (bicyclic) bond motifs is 1. The molecule has 2 aromatic heterocycles. The molecule has 0 atom stereocenters. The van der Waals surface area contributed by atoms with E-state index < -0.39 is 23.5 Å². The number of carbonyl (C=O) groups excluding carboxylic acids is 2. The minimum absolute atomic E-state index is 0.105. The summed E-state index contributed by atoms with van der Waals surface area (Å²) in [4.78, 5) is 30.3. The van der Waals surface area contributed by atoms with Gasteiger partial charge in [-0.3, -0.25) is 4.90 Å². The maximum absolute atomic E-state index is 13.5. The molecule has 4 rings (SSSR count). The number of carbonyl (C=O) groups is 2. The lowest BCUT2D eigenvalue weighted by Crippen LogP contribution is -2.45. The first-order valence-corrected chi connectivity index (χ1v) is 10.7. The molecule has 8 nitrogen and oxygen atoms in total. The number of urea groups is 1. The Morgan fingerprint density at radius 1 is 1.25 bits per heavy atom. The third-order valence-electron chi connectivity index (χ3n) is 4.63. The van der Waals surface area contributed by atoms with Crippen LogP contribution in [0.15, 0.2) is 60.7 Å². The SMILES string of the molecule is CC(C)(C)OC(=O)[n+]1cc(C([O-])=C2C=[S+][C-](c3cccnc3)N2C(N)=O)c2cccc[c-]21. The van der Waals surface area contributed by atoms with E-state index in [0.717, 1.165) is 0 Å². The number of hydrogen-bond acceptors (Lipinski definition) is 5. The van der Waals surface area contributed by atoms with Gasteiger partial charge in [0.15, 0.2) is 16.9 Å². The Kier molecular flexibility index (Phi) is 5.35. The normalized spacial score (nSPS) is 15.3. The van der Waals surface area contributed by atoms with E-state index in [1.54, 1.807) is 74.9 Å². The van der Waals surface area contributed by atoms with Crippen LogP contribution in [0.25, 0.3) is 16.7 Å². The predicted molar refractivity (Wildman–Crippen MR) is 120 cm³/mol. The Morgan fingerprint density at radius 3 is 2.69 bits per heavy atom. The molecule has 0 saturated carbocycles. The van der Waals surface area contributed by atoms with E-state index >= 15 is 0 Å². The van der Waals surface area contributed by atoms with Crippen molar-refractivity contribution in [3.05, 3.63) is 77.2 Å². The molecule has 3 heterocycles. The highest BCUT2D eigenvalue weighted by atomic mass is 32.1. The van der Waals surface area contributed by atoms with E-state index in [9.17, 15) is 14.7 Å². The topological polar surface area (TPSA) is 112 Å². The molecule has 0 bridgehead atoms. The zero-order valence-corrected chi connectivity index (χ0v) is 18.6. The van der Waals surface area contributed by atoms with E-state index in [2.05, 4.69) is 4.98 Å². The van der Waals surface area contributed by atoms with Crippen LogP contribution in [-0.4, -0.2) is 33.0 Å². The lowest BCUT2D eigenvalue weighted by atomic mass is 10.1. The van der Waals surface area contributed by atoms with Crippen LogP contribution in [0.1, 0.15) is 31.9 Å². The number of para-hydroxylation sites is 1. The molecule has 32 heavy (non-hydrogen) atoms. The molecule has 0 spiro atoms. The third-order valence-corrected chi connectivity index (χ3v) is 5.62. The van der Waals surface area contributed by atoms with Crippen molar-refractivity contribution in [2.24, 2.45) is 5.73 Å². The van der Waals surface area contributed by atoms with E-state index in [4.69, 9.17) is 10.5 Å². The Morgan fingerprint density at radius 2 is 2.03 bits per heavy atom. The van der Waals surface area contributed by atoms with Gasteiger partial charge >= 0.3 is 12.1 Å². The van der Waals surface area contributed by atoms with Crippen LogP contribution in [0.4, 0.5) is 9.59 Å². The first-order chi connectivity index (χ1) is 15.2. The molecule has 0 radical (unpaired) electrons. The van der Waals surface area contributed by atoms with Crippen molar-refractivity contribution < 1.29 is 24.0 Å². The standard InChI is InChI=1S/C23H22N4O4S/c1-23(2,3)31-22(30)26-12-16(15-8-4-5-9-17(15)26)19(28)18-13-32-20(27(18)21(24)29)14-7-6-10-25-11-14/h4-13,28H,1-3H3,(H2,24,29)/p-1. The molecule has 164 valence electrons. The van der Waals surface area contributed by atoms with Crippen molar-refractivity contribution in [1.29, 1.82) is 0 Å². The number of nitrogens with zero attached hydrogens (tertiary/aromatic N) is 3. The number of ether oxygens (including phenoxy) is 1. The van der Waals surface area contributed by atoms with Gasteiger partial charge < -0.3 is 20.6 Å². The van der Waals surface area contributed by atoms with Gasteiger partial charge in [0.1, 0.15) is 11.8 Å². The van der Waals surface area contributed by atoms with Gasteiger partial charge in [-0.1, -0.05) is 11.8 Å². The molecular formula is C23H21N4O4S-. The Bertz CT molecular complexity index is 1260. The predicted octanol–water partition coefficient (Wildman–Crippen LogP) is 1.87. The molecule has 0 fully saturated rings. The lowest BCUT2D eigenvalue weighted by molar-refractivity contribution is -0.559. The molecule has 9 heteroatoms. The van der Waals surface area contributed by atoms with Gasteiger partial charge in [0, 0.05) is 0 Å². The number of allylic oxidation sites excluding steroid dienone is 1. The fourth-order valence-corrected chi connectivity index (χ4v) is 4.33. The molecule has 0 unspecified atom stereocenters. The smallest absolute Gasteiger partial charge is 0.545 e. The third kappa shape index (κ3) is 3.90. The van der Waals surface area contributed by atoms with Gasteiger partial charge in [-0.05, 0) is 44.0 Å². The second kappa shape index (κ2) is 8.01. The zero-order valence-electron chi connectivity index (χ0n) is 17.7. The highest BCUT2D eigenvalue weighted by Crippen LogP contribution is 2.31.